The van der Waals surface area contributed by atoms with Crippen molar-refractivity contribution in [3.8, 4) is 5.75 Å². The summed E-state index contributed by atoms with van der Waals surface area (Å²) in [5.74, 6) is 0.809. The van der Waals surface area contributed by atoms with Crippen LogP contribution in [0.3, 0.4) is 0 Å². The second kappa shape index (κ2) is 6.00. The van der Waals surface area contributed by atoms with Gasteiger partial charge in [-0.15, -0.1) is 0 Å². The Morgan fingerprint density at radius 1 is 1.24 bits per heavy atom. The van der Waals surface area contributed by atoms with Gasteiger partial charge >= 0.3 is 0 Å². The van der Waals surface area contributed by atoms with E-state index in [1.807, 2.05) is 49.4 Å². The normalized spacial score (nSPS) is 13.2. The van der Waals surface area contributed by atoms with E-state index in [9.17, 15) is 4.79 Å². The van der Waals surface area contributed by atoms with Crippen molar-refractivity contribution in [2.24, 2.45) is 0 Å². The lowest BCUT2D eigenvalue weighted by Gasteiger charge is -2.20. The molecule has 2 aromatic carbocycles. The molecule has 1 aliphatic rings. The molecule has 3 nitrogen and oxygen atoms in total. The van der Waals surface area contributed by atoms with Crippen LogP contribution in [0.25, 0.3) is 0 Å². The van der Waals surface area contributed by atoms with Gasteiger partial charge in [0, 0.05) is 23.4 Å². The van der Waals surface area contributed by atoms with Crippen molar-refractivity contribution in [3.63, 3.8) is 0 Å². The van der Waals surface area contributed by atoms with Gasteiger partial charge in [-0.3, -0.25) is 4.79 Å². The van der Waals surface area contributed by atoms with E-state index in [-0.39, 0.29) is 5.78 Å². The molecule has 0 atom stereocenters. The highest BCUT2D eigenvalue weighted by Gasteiger charge is 2.18. The Balaban J connectivity index is 1.97. The molecule has 3 heteroatoms. The first-order valence-corrected chi connectivity index (χ1v) is 7.43. The summed E-state index contributed by atoms with van der Waals surface area (Å²) in [7, 11) is 0. The lowest BCUT2D eigenvalue weighted by Crippen LogP contribution is -2.16. The van der Waals surface area contributed by atoms with Crippen molar-refractivity contribution < 1.29 is 9.53 Å². The molecule has 0 aliphatic carbocycles. The van der Waals surface area contributed by atoms with Crippen molar-refractivity contribution >= 4 is 11.5 Å². The smallest absolute Gasteiger partial charge is 0.193 e. The molecule has 0 saturated carbocycles. The molecule has 0 aromatic heterocycles. The molecular weight excluding hydrogens is 262 g/mol. The van der Waals surface area contributed by atoms with Crippen molar-refractivity contribution in [3.05, 3.63) is 59.2 Å². The average Bonchev–Trinajstić information content (AvgIpc) is 2.54. The van der Waals surface area contributed by atoms with Crippen molar-refractivity contribution in [1.29, 1.82) is 0 Å². The zero-order chi connectivity index (χ0) is 14.7. The molecule has 3 rings (SSSR count). The van der Waals surface area contributed by atoms with E-state index in [0.29, 0.717) is 12.2 Å². The maximum absolute atomic E-state index is 12.8. The Bertz CT molecular complexity index is 664. The van der Waals surface area contributed by atoms with Gasteiger partial charge in [0.2, 0.25) is 0 Å². The van der Waals surface area contributed by atoms with E-state index in [1.54, 1.807) is 0 Å². The summed E-state index contributed by atoms with van der Waals surface area (Å²) in [5, 5.41) is 3.36. The van der Waals surface area contributed by atoms with Crippen LogP contribution in [0.2, 0.25) is 0 Å². The van der Waals surface area contributed by atoms with Gasteiger partial charge in [0.05, 0.1) is 6.61 Å². The van der Waals surface area contributed by atoms with E-state index in [1.165, 1.54) is 0 Å². The summed E-state index contributed by atoms with van der Waals surface area (Å²) in [4.78, 5) is 12.8. The van der Waals surface area contributed by atoms with Crippen LogP contribution in [0.1, 0.15) is 34.8 Å². The molecule has 1 aliphatic heterocycles. The number of benzene rings is 2. The summed E-state index contributed by atoms with van der Waals surface area (Å²) in [6.45, 7) is 3.51. The van der Waals surface area contributed by atoms with Gasteiger partial charge in [0.15, 0.2) is 5.78 Å². The van der Waals surface area contributed by atoms with Gasteiger partial charge < -0.3 is 10.1 Å². The SMILES string of the molecule is CCOc1cccc(C(=O)c2cccc3c2CCCN3)c1. The van der Waals surface area contributed by atoms with E-state index >= 15 is 0 Å². The third-order valence-electron chi connectivity index (χ3n) is 3.75. The van der Waals surface area contributed by atoms with Crippen molar-refractivity contribution in [2.75, 3.05) is 18.5 Å². The van der Waals surface area contributed by atoms with Crippen LogP contribution in [0.4, 0.5) is 5.69 Å². The fraction of sp³-hybridized carbons (Fsp3) is 0.278. The van der Waals surface area contributed by atoms with Gasteiger partial charge in [-0.1, -0.05) is 24.3 Å². The van der Waals surface area contributed by atoms with E-state index in [2.05, 4.69) is 5.32 Å². The fourth-order valence-electron chi connectivity index (χ4n) is 2.77. The Morgan fingerprint density at radius 3 is 2.95 bits per heavy atom. The number of hydrogen-bond donors (Lipinski definition) is 1. The molecular formula is C18H19NO2. The van der Waals surface area contributed by atoms with Crippen LogP contribution in [-0.2, 0) is 6.42 Å². The van der Waals surface area contributed by atoms with E-state index in [0.717, 1.165) is 42.0 Å². The van der Waals surface area contributed by atoms with Crippen LogP contribution in [0, 0.1) is 0 Å². The number of carbonyl (C=O) groups excluding carboxylic acids is 1. The van der Waals surface area contributed by atoms with Gasteiger partial charge in [-0.25, -0.2) is 0 Å². The van der Waals surface area contributed by atoms with Crippen molar-refractivity contribution in [1.82, 2.24) is 0 Å². The minimum atomic E-state index is 0.0668. The number of carbonyl (C=O) groups is 1. The Labute approximate surface area is 124 Å². The van der Waals surface area contributed by atoms with Gasteiger partial charge in [-0.2, -0.15) is 0 Å². The lowest BCUT2D eigenvalue weighted by atomic mass is 9.92. The first kappa shape index (κ1) is 13.7. The van der Waals surface area contributed by atoms with Crippen LogP contribution in [0.15, 0.2) is 42.5 Å². The third-order valence-corrected chi connectivity index (χ3v) is 3.75. The molecule has 0 bridgehead atoms. The summed E-state index contributed by atoms with van der Waals surface area (Å²) in [6.07, 6.45) is 2.02. The second-order valence-electron chi connectivity index (χ2n) is 5.15. The largest absolute Gasteiger partial charge is 0.494 e. The molecule has 0 amide bonds. The van der Waals surface area contributed by atoms with Crippen LogP contribution >= 0.6 is 0 Å². The molecule has 0 spiro atoms. The maximum atomic E-state index is 12.8. The summed E-state index contributed by atoms with van der Waals surface area (Å²) in [6, 6.07) is 13.3. The predicted molar refractivity (Wildman–Crippen MR) is 84.3 cm³/mol. The Kier molecular flexibility index (Phi) is 3.91. The standard InChI is InChI=1S/C18H19NO2/c1-2-21-14-7-3-6-13(12-14)18(20)16-8-4-10-17-15(16)9-5-11-19-17/h3-4,6-8,10,12,19H,2,5,9,11H2,1H3. The molecule has 1 N–H and O–H groups in total. The monoisotopic (exact) mass is 281 g/mol. The molecule has 0 fully saturated rings. The molecule has 0 radical (unpaired) electrons. The lowest BCUT2D eigenvalue weighted by molar-refractivity contribution is 0.103. The number of fused-ring (bicyclic) bond motifs is 1. The summed E-state index contributed by atoms with van der Waals surface area (Å²) >= 11 is 0. The third kappa shape index (κ3) is 2.77. The molecule has 108 valence electrons. The highest BCUT2D eigenvalue weighted by atomic mass is 16.5. The van der Waals surface area contributed by atoms with E-state index < -0.39 is 0 Å². The summed E-state index contributed by atoms with van der Waals surface area (Å²) in [5.41, 5.74) is 3.71. The van der Waals surface area contributed by atoms with Gasteiger partial charge in [-0.05, 0) is 43.5 Å². The predicted octanol–water partition coefficient (Wildman–Crippen LogP) is 3.67. The fourth-order valence-corrected chi connectivity index (χ4v) is 2.77. The number of anilines is 1. The molecule has 1 heterocycles. The average molecular weight is 281 g/mol. The maximum Gasteiger partial charge on any atom is 0.193 e. The summed E-state index contributed by atoms with van der Waals surface area (Å²) < 4.78 is 5.48. The minimum Gasteiger partial charge on any atom is -0.494 e. The minimum absolute atomic E-state index is 0.0668. The molecule has 21 heavy (non-hydrogen) atoms. The van der Waals surface area contributed by atoms with Crippen molar-refractivity contribution in [2.45, 2.75) is 19.8 Å². The zero-order valence-electron chi connectivity index (χ0n) is 12.2. The van der Waals surface area contributed by atoms with Crippen LogP contribution in [0.5, 0.6) is 5.75 Å². The Morgan fingerprint density at radius 2 is 2.10 bits per heavy atom. The molecule has 0 unspecified atom stereocenters. The first-order valence-electron chi connectivity index (χ1n) is 7.43. The Hall–Kier alpha value is -2.29. The number of ketones is 1. The molecule has 0 saturated heterocycles. The second-order valence-corrected chi connectivity index (χ2v) is 5.15. The van der Waals surface area contributed by atoms with Crippen LogP contribution < -0.4 is 10.1 Å². The van der Waals surface area contributed by atoms with Crippen LogP contribution in [-0.4, -0.2) is 18.9 Å². The number of hydrogen-bond acceptors (Lipinski definition) is 3. The van der Waals surface area contributed by atoms with Gasteiger partial charge in [0.1, 0.15) is 5.75 Å². The number of nitrogens with one attached hydrogen (secondary N) is 1. The topological polar surface area (TPSA) is 38.3 Å². The number of rotatable bonds is 4. The molecule has 2 aromatic rings. The van der Waals surface area contributed by atoms with E-state index in [4.69, 9.17) is 4.74 Å². The zero-order valence-corrected chi connectivity index (χ0v) is 12.2. The number of ether oxygens (including phenoxy) is 1. The first-order chi connectivity index (χ1) is 10.3. The highest BCUT2D eigenvalue weighted by molar-refractivity contribution is 6.10. The quantitative estimate of drug-likeness (QED) is 0.869. The highest BCUT2D eigenvalue weighted by Crippen LogP contribution is 2.27. The van der Waals surface area contributed by atoms with Gasteiger partial charge in [0.25, 0.3) is 0 Å².